The summed E-state index contributed by atoms with van der Waals surface area (Å²) in [6.45, 7) is 0. The monoisotopic (exact) mass is 399 g/mol. The number of carbonyl (C=O) groups excluding carboxylic acids is 1. The molecule has 4 aliphatic rings. The van der Waals surface area contributed by atoms with Crippen LogP contribution in [0.1, 0.15) is 53.9 Å². The van der Waals surface area contributed by atoms with Gasteiger partial charge < -0.3 is 9.47 Å². The molecule has 4 saturated carbocycles. The maximum absolute atomic E-state index is 12.9. The van der Waals surface area contributed by atoms with Gasteiger partial charge in [-0.15, -0.1) is 10.2 Å². The molecule has 7 heteroatoms. The fourth-order valence-corrected chi connectivity index (χ4v) is 7.05. The van der Waals surface area contributed by atoms with Gasteiger partial charge in [0.15, 0.2) is 0 Å². The standard InChI is InChI=1S/C21H25N3O3S/c1-26-15-4-3-5-16(27-2)17(15)18(25)22-20-24-23-19(28-20)21-9-12-6-13(10-21)8-14(7-12)11-21/h3-5,12-14H,6-11H2,1-2H3,(H,22,24,25). The van der Waals surface area contributed by atoms with Gasteiger partial charge in [0.2, 0.25) is 5.13 Å². The normalized spacial score (nSPS) is 30.3. The van der Waals surface area contributed by atoms with Crippen LogP contribution in [0.25, 0.3) is 0 Å². The molecule has 148 valence electrons. The summed E-state index contributed by atoms with van der Waals surface area (Å²) in [7, 11) is 3.09. The summed E-state index contributed by atoms with van der Waals surface area (Å²) in [5.74, 6) is 3.22. The summed E-state index contributed by atoms with van der Waals surface area (Å²) in [5, 5.41) is 13.4. The fraction of sp³-hybridized carbons (Fsp3) is 0.571. The van der Waals surface area contributed by atoms with Gasteiger partial charge in [0.1, 0.15) is 22.1 Å². The largest absolute Gasteiger partial charge is 0.496 e. The van der Waals surface area contributed by atoms with Crippen molar-refractivity contribution >= 4 is 22.4 Å². The zero-order chi connectivity index (χ0) is 19.3. The Morgan fingerprint density at radius 2 is 1.61 bits per heavy atom. The number of rotatable bonds is 5. The van der Waals surface area contributed by atoms with Crippen molar-refractivity contribution in [2.75, 3.05) is 19.5 Å². The Balaban J connectivity index is 1.39. The van der Waals surface area contributed by atoms with Crippen molar-refractivity contribution < 1.29 is 14.3 Å². The molecule has 1 aromatic carbocycles. The van der Waals surface area contributed by atoms with Crippen molar-refractivity contribution in [2.24, 2.45) is 17.8 Å². The Bertz CT molecular complexity index is 853. The Labute approximate surface area is 168 Å². The first kappa shape index (κ1) is 17.9. The van der Waals surface area contributed by atoms with E-state index in [-0.39, 0.29) is 11.3 Å². The second kappa shape index (κ2) is 6.72. The lowest BCUT2D eigenvalue weighted by Gasteiger charge is -2.55. The summed E-state index contributed by atoms with van der Waals surface area (Å²) in [6, 6.07) is 5.29. The van der Waals surface area contributed by atoms with E-state index in [9.17, 15) is 4.79 Å². The van der Waals surface area contributed by atoms with Crippen LogP contribution < -0.4 is 14.8 Å². The molecule has 4 aliphatic carbocycles. The molecule has 0 spiro atoms. The molecule has 0 aliphatic heterocycles. The second-order valence-electron chi connectivity index (χ2n) is 8.60. The van der Waals surface area contributed by atoms with Crippen LogP contribution in [0.15, 0.2) is 18.2 Å². The topological polar surface area (TPSA) is 73.3 Å². The van der Waals surface area contributed by atoms with Crippen molar-refractivity contribution in [1.29, 1.82) is 0 Å². The van der Waals surface area contributed by atoms with Crippen LogP contribution >= 0.6 is 11.3 Å². The molecule has 1 amide bonds. The van der Waals surface area contributed by atoms with Crippen molar-refractivity contribution in [3.05, 3.63) is 28.8 Å². The van der Waals surface area contributed by atoms with Gasteiger partial charge in [-0.25, -0.2) is 0 Å². The number of amides is 1. The zero-order valence-electron chi connectivity index (χ0n) is 16.2. The van der Waals surface area contributed by atoms with E-state index in [1.807, 2.05) is 0 Å². The molecule has 1 heterocycles. The number of anilines is 1. The van der Waals surface area contributed by atoms with Crippen LogP contribution in [0.5, 0.6) is 11.5 Å². The minimum Gasteiger partial charge on any atom is -0.496 e. The van der Waals surface area contributed by atoms with E-state index in [1.54, 1.807) is 32.4 Å². The number of aromatic nitrogens is 2. The smallest absolute Gasteiger partial charge is 0.265 e. The molecule has 2 aromatic rings. The molecule has 28 heavy (non-hydrogen) atoms. The number of ether oxygens (including phenoxy) is 2. The molecule has 4 fully saturated rings. The van der Waals surface area contributed by atoms with Gasteiger partial charge >= 0.3 is 0 Å². The Morgan fingerprint density at radius 3 is 2.14 bits per heavy atom. The molecular formula is C21H25N3O3S. The minimum atomic E-state index is -0.289. The van der Waals surface area contributed by atoms with Gasteiger partial charge in [-0.1, -0.05) is 17.4 Å². The quantitative estimate of drug-likeness (QED) is 0.813. The summed E-state index contributed by atoms with van der Waals surface area (Å²) >= 11 is 1.54. The van der Waals surface area contributed by atoms with Crippen LogP contribution in [0.4, 0.5) is 5.13 Å². The highest BCUT2D eigenvalue weighted by Gasteiger charge is 2.53. The number of benzene rings is 1. The first-order valence-corrected chi connectivity index (χ1v) is 10.8. The SMILES string of the molecule is COc1cccc(OC)c1C(=O)Nc1nnc(C23CC4CC(CC(C4)C2)C3)s1. The first-order chi connectivity index (χ1) is 13.6. The van der Waals surface area contributed by atoms with Gasteiger partial charge in [-0.3, -0.25) is 10.1 Å². The molecule has 4 bridgehead atoms. The average molecular weight is 400 g/mol. The summed E-state index contributed by atoms with van der Waals surface area (Å²) in [4.78, 5) is 12.9. The third kappa shape index (κ3) is 2.87. The lowest BCUT2D eigenvalue weighted by atomic mass is 9.50. The molecule has 6 nitrogen and oxygen atoms in total. The average Bonchev–Trinajstić information content (AvgIpc) is 3.15. The highest BCUT2D eigenvalue weighted by Crippen LogP contribution is 2.61. The zero-order valence-corrected chi connectivity index (χ0v) is 17.1. The van der Waals surface area contributed by atoms with Crippen LogP contribution in [0, 0.1) is 17.8 Å². The van der Waals surface area contributed by atoms with E-state index in [0.717, 1.165) is 22.8 Å². The maximum Gasteiger partial charge on any atom is 0.265 e. The predicted octanol–water partition coefficient (Wildman–Crippen LogP) is 4.28. The Hall–Kier alpha value is -2.15. The molecular weight excluding hydrogens is 374 g/mol. The summed E-state index contributed by atoms with van der Waals surface area (Å²) < 4.78 is 10.7. The van der Waals surface area contributed by atoms with Crippen LogP contribution in [0.3, 0.4) is 0 Å². The Kier molecular flexibility index (Phi) is 4.30. The predicted molar refractivity (Wildman–Crippen MR) is 107 cm³/mol. The van der Waals surface area contributed by atoms with E-state index in [1.165, 1.54) is 49.9 Å². The van der Waals surface area contributed by atoms with Crippen molar-refractivity contribution in [3.63, 3.8) is 0 Å². The van der Waals surface area contributed by atoms with Gasteiger partial charge in [0.25, 0.3) is 5.91 Å². The molecule has 1 N–H and O–H groups in total. The molecule has 0 unspecified atom stereocenters. The van der Waals surface area contributed by atoms with Crippen LogP contribution in [-0.4, -0.2) is 30.3 Å². The highest BCUT2D eigenvalue weighted by atomic mass is 32.1. The van der Waals surface area contributed by atoms with Gasteiger partial charge in [-0.2, -0.15) is 0 Å². The summed E-state index contributed by atoms with van der Waals surface area (Å²) in [6.07, 6.45) is 7.91. The molecule has 0 saturated heterocycles. The number of nitrogens with zero attached hydrogens (tertiary/aromatic N) is 2. The van der Waals surface area contributed by atoms with Crippen LogP contribution in [0.2, 0.25) is 0 Å². The lowest BCUT2D eigenvalue weighted by molar-refractivity contribution is -0.00555. The summed E-state index contributed by atoms with van der Waals surface area (Å²) in [5.41, 5.74) is 0.566. The molecule has 0 atom stereocenters. The van der Waals surface area contributed by atoms with Crippen molar-refractivity contribution in [3.8, 4) is 11.5 Å². The highest BCUT2D eigenvalue weighted by molar-refractivity contribution is 7.15. The fourth-order valence-electron chi connectivity index (χ4n) is 6.10. The number of methoxy groups -OCH3 is 2. The Morgan fingerprint density at radius 1 is 1.04 bits per heavy atom. The van der Waals surface area contributed by atoms with Crippen LogP contribution in [-0.2, 0) is 5.41 Å². The number of carbonyl (C=O) groups is 1. The number of hydrogen-bond acceptors (Lipinski definition) is 6. The maximum atomic E-state index is 12.9. The number of nitrogens with one attached hydrogen (secondary N) is 1. The van der Waals surface area contributed by atoms with E-state index in [4.69, 9.17) is 9.47 Å². The molecule has 1 aromatic heterocycles. The van der Waals surface area contributed by atoms with Crippen molar-refractivity contribution in [2.45, 2.75) is 43.9 Å². The van der Waals surface area contributed by atoms with E-state index >= 15 is 0 Å². The minimum absolute atomic E-state index is 0.192. The first-order valence-electron chi connectivity index (χ1n) is 9.96. The lowest BCUT2D eigenvalue weighted by Crippen LogP contribution is -2.48. The second-order valence-corrected chi connectivity index (χ2v) is 9.58. The molecule has 0 radical (unpaired) electrons. The van der Waals surface area contributed by atoms with Gasteiger partial charge in [-0.05, 0) is 68.4 Å². The molecule has 6 rings (SSSR count). The van der Waals surface area contributed by atoms with E-state index in [2.05, 4.69) is 15.5 Å². The van der Waals surface area contributed by atoms with E-state index in [0.29, 0.717) is 22.2 Å². The third-order valence-corrected chi connectivity index (χ3v) is 7.88. The van der Waals surface area contributed by atoms with Gasteiger partial charge in [0, 0.05) is 5.41 Å². The van der Waals surface area contributed by atoms with Gasteiger partial charge in [0.05, 0.1) is 14.2 Å². The van der Waals surface area contributed by atoms with E-state index < -0.39 is 0 Å². The third-order valence-electron chi connectivity index (χ3n) is 6.79. The number of hydrogen-bond donors (Lipinski definition) is 1. The van der Waals surface area contributed by atoms with Crippen molar-refractivity contribution in [1.82, 2.24) is 10.2 Å².